The smallest absolute Gasteiger partial charge is 0.276 e. The first-order chi connectivity index (χ1) is 14.2. The van der Waals surface area contributed by atoms with Crippen molar-refractivity contribution in [3.8, 4) is 0 Å². The summed E-state index contributed by atoms with van der Waals surface area (Å²) in [5.74, 6) is 0.00846. The molecule has 7 heteroatoms. The first-order valence-electron chi connectivity index (χ1n) is 9.60. The van der Waals surface area contributed by atoms with Gasteiger partial charge in [0.1, 0.15) is 18.6 Å². The number of nitrogens with zero attached hydrogens (tertiary/aromatic N) is 4. The largest absolute Gasteiger partial charge is 0.446 e. The Bertz CT molecular complexity index is 1170. The van der Waals surface area contributed by atoms with Crippen LogP contribution in [0.25, 0.3) is 11.0 Å². The van der Waals surface area contributed by atoms with Gasteiger partial charge in [-0.2, -0.15) is 0 Å². The Labute approximate surface area is 166 Å². The second-order valence-electron chi connectivity index (χ2n) is 7.20. The Hall–Kier alpha value is -3.48. The number of aromatic nitrogens is 3. The molecule has 1 aliphatic rings. The van der Waals surface area contributed by atoms with Crippen molar-refractivity contribution in [1.82, 2.24) is 19.4 Å². The van der Waals surface area contributed by atoms with E-state index in [-0.39, 0.29) is 17.8 Å². The molecule has 6 nitrogen and oxygen atoms in total. The number of carbonyl (C=O) groups excluding carboxylic acids is 1. The quantitative estimate of drug-likeness (QED) is 0.524. The third-order valence-electron chi connectivity index (χ3n) is 5.37. The predicted octanol–water partition coefficient (Wildman–Crippen LogP) is 4.19. The van der Waals surface area contributed by atoms with E-state index in [0.717, 1.165) is 29.4 Å². The van der Waals surface area contributed by atoms with Gasteiger partial charge in [0.15, 0.2) is 5.69 Å². The van der Waals surface area contributed by atoms with Crippen LogP contribution in [0.1, 0.15) is 40.8 Å². The zero-order valence-electron chi connectivity index (χ0n) is 15.7. The zero-order valence-corrected chi connectivity index (χ0v) is 15.7. The van der Waals surface area contributed by atoms with Gasteiger partial charge in [0.25, 0.3) is 5.91 Å². The van der Waals surface area contributed by atoms with Gasteiger partial charge in [-0.1, -0.05) is 24.3 Å². The summed E-state index contributed by atoms with van der Waals surface area (Å²) in [5, 5.41) is 0. The van der Waals surface area contributed by atoms with Crippen LogP contribution in [0.15, 0.2) is 65.5 Å². The molecule has 0 unspecified atom stereocenters. The number of hydrogen-bond acceptors (Lipinski definition) is 4. The van der Waals surface area contributed by atoms with E-state index in [2.05, 4.69) is 9.97 Å². The highest BCUT2D eigenvalue weighted by Crippen LogP contribution is 2.33. The van der Waals surface area contributed by atoms with Gasteiger partial charge in [-0.15, -0.1) is 0 Å². The fourth-order valence-corrected chi connectivity index (χ4v) is 3.95. The number of benzene rings is 2. The lowest BCUT2D eigenvalue weighted by molar-refractivity contribution is 0.0729. The summed E-state index contributed by atoms with van der Waals surface area (Å²) < 4.78 is 20.7. The predicted molar refractivity (Wildman–Crippen MR) is 105 cm³/mol. The second-order valence-corrected chi connectivity index (χ2v) is 7.20. The van der Waals surface area contributed by atoms with E-state index in [9.17, 15) is 9.18 Å². The van der Waals surface area contributed by atoms with Gasteiger partial charge in [0, 0.05) is 6.54 Å². The average molecular weight is 390 g/mol. The molecule has 0 saturated carbocycles. The monoisotopic (exact) mass is 390 g/mol. The third-order valence-corrected chi connectivity index (χ3v) is 5.37. The van der Waals surface area contributed by atoms with Gasteiger partial charge in [-0.05, 0) is 42.7 Å². The maximum Gasteiger partial charge on any atom is 0.276 e. The number of fused-ring (bicyclic) bond motifs is 1. The van der Waals surface area contributed by atoms with Crippen molar-refractivity contribution < 1.29 is 13.6 Å². The molecular formula is C22H19FN4O2. The molecule has 1 amide bonds. The fourth-order valence-electron chi connectivity index (χ4n) is 3.95. The van der Waals surface area contributed by atoms with Crippen LogP contribution >= 0.6 is 0 Å². The number of rotatable bonds is 4. The number of amides is 1. The Morgan fingerprint density at radius 2 is 2.00 bits per heavy atom. The minimum atomic E-state index is -0.280. The maximum absolute atomic E-state index is 13.2. The summed E-state index contributed by atoms with van der Waals surface area (Å²) >= 11 is 0. The molecule has 1 saturated heterocycles. The molecule has 3 heterocycles. The molecule has 29 heavy (non-hydrogen) atoms. The Morgan fingerprint density at radius 1 is 1.17 bits per heavy atom. The van der Waals surface area contributed by atoms with Gasteiger partial charge in [-0.3, -0.25) is 4.79 Å². The van der Waals surface area contributed by atoms with E-state index in [1.165, 1.54) is 18.4 Å². The highest BCUT2D eigenvalue weighted by Gasteiger charge is 2.32. The standard InChI is InChI=1S/C22H19FN4O2/c23-16-9-7-15(8-10-16)19-6-3-11-27(19)22(28)18-13-29-21(25-18)12-26-14-24-17-4-1-2-5-20(17)26/h1-2,4-5,7-10,13-14,19H,3,6,11-12H2/t19-/m1/s1. The summed E-state index contributed by atoms with van der Waals surface area (Å²) in [4.78, 5) is 23.6. The maximum atomic E-state index is 13.2. The number of imidazole rings is 1. The molecule has 0 spiro atoms. The molecular weight excluding hydrogens is 371 g/mol. The minimum Gasteiger partial charge on any atom is -0.446 e. The number of oxazole rings is 1. The molecule has 4 aromatic rings. The summed E-state index contributed by atoms with van der Waals surface area (Å²) in [7, 11) is 0. The number of carbonyl (C=O) groups is 1. The van der Waals surface area contributed by atoms with Crippen LogP contribution in [-0.2, 0) is 6.54 Å². The van der Waals surface area contributed by atoms with E-state index in [1.807, 2.05) is 28.8 Å². The molecule has 1 aliphatic heterocycles. The molecule has 2 aromatic heterocycles. The number of halogens is 1. The van der Waals surface area contributed by atoms with E-state index in [4.69, 9.17) is 4.42 Å². The summed E-state index contributed by atoms with van der Waals surface area (Å²) in [6, 6.07) is 14.1. The first-order valence-corrected chi connectivity index (χ1v) is 9.60. The summed E-state index contributed by atoms with van der Waals surface area (Å²) in [6.07, 6.45) is 4.90. The van der Waals surface area contributed by atoms with Gasteiger partial charge in [-0.25, -0.2) is 14.4 Å². The molecule has 5 rings (SSSR count). The van der Waals surface area contributed by atoms with Gasteiger partial charge in [0.05, 0.1) is 23.4 Å². The molecule has 0 aliphatic carbocycles. The first kappa shape index (κ1) is 17.6. The molecule has 0 radical (unpaired) electrons. The normalized spacial score (nSPS) is 16.6. The van der Waals surface area contributed by atoms with Crippen LogP contribution in [0.2, 0.25) is 0 Å². The van der Waals surface area contributed by atoms with Crippen LogP contribution < -0.4 is 0 Å². The number of likely N-dealkylation sites (tertiary alicyclic amines) is 1. The molecule has 146 valence electrons. The molecule has 2 aromatic carbocycles. The van der Waals surface area contributed by atoms with Gasteiger partial charge in [0.2, 0.25) is 5.89 Å². The average Bonchev–Trinajstić information content (AvgIpc) is 3.49. The topological polar surface area (TPSA) is 64.2 Å². The van der Waals surface area contributed by atoms with Crippen LogP contribution in [0.3, 0.4) is 0 Å². The molecule has 0 N–H and O–H groups in total. The van der Waals surface area contributed by atoms with E-state index < -0.39 is 0 Å². The summed E-state index contributed by atoms with van der Waals surface area (Å²) in [6.45, 7) is 1.05. The van der Waals surface area contributed by atoms with Crippen LogP contribution in [0, 0.1) is 5.82 Å². The molecule has 0 bridgehead atoms. The number of para-hydroxylation sites is 2. The van der Waals surface area contributed by atoms with Crippen molar-refractivity contribution in [2.75, 3.05) is 6.54 Å². The van der Waals surface area contributed by atoms with Crippen molar-refractivity contribution in [3.63, 3.8) is 0 Å². The van der Waals surface area contributed by atoms with Crippen LogP contribution in [0.5, 0.6) is 0 Å². The van der Waals surface area contributed by atoms with E-state index in [1.54, 1.807) is 23.4 Å². The van der Waals surface area contributed by atoms with Gasteiger partial charge < -0.3 is 13.9 Å². The Balaban J connectivity index is 1.35. The highest BCUT2D eigenvalue weighted by atomic mass is 19.1. The fraction of sp³-hybridized carbons (Fsp3) is 0.227. The highest BCUT2D eigenvalue weighted by molar-refractivity contribution is 5.92. The lowest BCUT2D eigenvalue weighted by Gasteiger charge is -2.24. The zero-order chi connectivity index (χ0) is 19.8. The van der Waals surface area contributed by atoms with Crippen molar-refractivity contribution in [1.29, 1.82) is 0 Å². The van der Waals surface area contributed by atoms with Gasteiger partial charge >= 0.3 is 0 Å². The van der Waals surface area contributed by atoms with Crippen molar-refractivity contribution >= 4 is 16.9 Å². The van der Waals surface area contributed by atoms with Crippen LogP contribution in [-0.4, -0.2) is 31.9 Å². The Kier molecular flexibility index (Phi) is 4.35. The van der Waals surface area contributed by atoms with E-state index >= 15 is 0 Å². The van der Waals surface area contributed by atoms with Crippen molar-refractivity contribution in [2.24, 2.45) is 0 Å². The second kappa shape index (κ2) is 7.16. The Morgan fingerprint density at radius 3 is 2.86 bits per heavy atom. The SMILES string of the molecule is O=C(c1coc(Cn2cnc3ccccc32)n1)N1CCC[C@@H]1c1ccc(F)cc1. The lowest BCUT2D eigenvalue weighted by Crippen LogP contribution is -2.30. The van der Waals surface area contributed by atoms with E-state index in [0.29, 0.717) is 24.7 Å². The molecule has 1 atom stereocenters. The van der Waals surface area contributed by atoms with Crippen molar-refractivity contribution in [2.45, 2.75) is 25.4 Å². The summed E-state index contributed by atoms with van der Waals surface area (Å²) in [5.41, 5.74) is 3.10. The third kappa shape index (κ3) is 3.29. The molecule has 1 fully saturated rings. The number of hydrogen-bond donors (Lipinski definition) is 0. The lowest BCUT2D eigenvalue weighted by atomic mass is 10.0. The van der Waals surface area contributed by atoms with Crippen LogP contribution in [0.4, 0.5) is 4.39 Å². The minimum absolute atomic E-state index is 0.0687. The van der Waals surface area contributed by atoms with Crippen molar-refractivity contribution in [3.05, 3.63) is 84.1 Å².